The van der Waals surface area contributed by atoms with Crippen LogP contribution in [0.4, 0.5) is 0 Å². The van der Waals surface area contributed by atoms with Gasteiger partial charge in [0.15, 0.2) is 0 Å². The molecular weight excluding hydrogens is 262 g/mol. The van der Waals surface area contributed by atoms with Gasteiger partial charge in [0.25, 0.3) is 0 Å². The Morgan fingerprint density at radius 1 is 0.952 bits per heavy atom. The lowest BCUT2D eigenvalue weighted by Gasteiger charge is -2.23. The van der Waals surface area contributed by atoms with Gasteiger partial charge in [-0.1, -0.05) is 38.1 Å². The molecule has 0 heterocycles. The van der Waals surface area contributed by atoms with Crippen molar-refractivity contribution in [1.82, 2.24) is 4.90 Å². The largest absolute Gasteiger partial charge is 0.383 e. The zero-order chi connectivity index (χ0) is 15.5. The van der Waals surface area contributed by atoms with Crippen molar-refractivity contribution in [3.05, 3.63) is 35.4 Å². The molecule has 1 aromatic carbocycles. The molecule has 0 aromatic heterocycles. The summed E-state index contributed by atoms with van der Waals surface area (Å²) in [4.78, 5) is 2.40. The number of hydrogen-bond acceptors (Lipinski definition) is 3. The third kappa shape index (κ3) is 7.60. The second-order valence-corrected chi connectivity index (χ2v) is 5.96. The van der Waals surface area contributed by atoms with Gasteiger partial charge in [-0.15, -0.1) is 0 Å². The summed E-state index contributed by atoms with van der Waals surface area (Å²) in [6, 6.07) is 8.80. The molecule has 0 amide bonds. The molecule has 0 N–H and O–H groups in total. The van der Waals surface area contributed by atoms with Crippen molar-refractivity contribution in [3.8, 4) is 0 Å². The first-order valence-electron chi connectivity index (χ1n) is 7.94. The van der Waals surface area contributed by atoms with Crippen LogP contribution in [0.5, 0.6) is 0 Å². The van der Waals surface area contributed by atoms with Crippen LogP contribution in [0.2, 0.25) is 0 Å². The number of rotatable bonds is 11. The molecule has 0 unspecified atom stereocenters. The number of methoxy groups -OCH3 is 2. The molecule has 1 rings (SSSR count). The molecule has 3 heteroatoms. The Balaban J connectivity index is 2.67. The predicted molar refractivity (Wildman–Crippen MR) is 88.6 cm³/mol. The molecule has 0 atom stereocenters. The number of nitrogens with zero attached hydrogens (tertiary/aromatic N) is 1. The van der Waals surface area contributed by atoms with E-state index in [1.165, 1.54) is 17.5 Å². The summed E-state index contributed by atoms with van der Waals surface area (Å²) in [6.07, 6.45) is 2.41. The van der Waals surface area contributed by atoms with E-state index in [1.807, 2.05) is 0 Å². The highest BCUT2D eigenvalue weighted by atomic mass is 16.5. The minimum Gasteiger partial charge on any atom is -0.383 e. The number of aryl methyl sites for hydroxylation is 1. The smallest absolute Gasteiger partial charge is 0.0589 e. The fourth-order valence-corrected chi connectivity index (χ4v) is 2.35. The highest BCUT2D eigenvalue weighted by molar-refractivity contribution is 5.27. The van der Waals surface area contributed by atoms with Gasteiger partial charge >= 0.3 is 0 Å². The van der Waals surface area contributed by atoms with Crippen LogP contribution in [0, 0.1) is 5.92 Å². The summed E-state index contributed by atoms with van der Waals surface area (Å²) in [5.41, 5.74) is 2.91. The van der Waals surface area contributed by atoms with Gasteiger partial charge in [-0.25, -0.2) is 0 Å². The lowest BCUT2D eigenvalue weighted by molar-refractivity contribution is 0.110. The van der Waals surface area contributed by atoms with E-state index in [0.717, 1.165) is 45.2 Å². The first kappa shape index (κ1) is 18.1. The zero-order valence-electron chi connectivity index (χ0n) is 14.1. The van der Waals surface area contributed by atoms with Crippen molar-refractivity contribution in [2.45, 2.75) is 33.2 Å². The van der Waals surface area contributed by atoms with Crippen molar-refractivity contribution in [2.24, 2.45) is 5.92 Å². The van der Waals surface area contributed by atoms with E-state index in [0.29, 0.717) is 0 Å². The van der Waals surface area contributed by atoms with Crippen molar-refractivity contribution in [3.63, 3.8) is 0 Å². The van der Waals surface area contributed by atoms with E-state index >= 15 is 0 Å². The van der Waals surface area contributed by atoms with Gasteiger partial charge in [0.2, 0.25) is 0 Å². The number of hydrogen-bond donors (Lipinski definition) is 0. The maximum absolute atomic E-state index is 5.22. The van der Waals surface area contributed by atoms with Crippen LogP contribution in [0.3, 0.4) is 0 Å². The van der Waals surface area contributed by atoms with Crippen LogP contribution >= 0.6 is 0 Å². The minimum atomic E-state index is 0.746. The molecule has 0 saturated carbocycles. The summed E-state index contributed by atoms with van der Waals surface area (Å²) in [7, 11) is 3.51. The maximum atomic E-state index is 5.22. The highest BCUT2D eigenvalue weighted by Crippen LogP contribution is 2.16. The summed E-state index contributed by atoms with van der Waals surface area (Å²) in [5.74, 6) is 0.746. The quantitative estimate of drug-likeness (QED) is 0.624. The average molecular weight is 293 g/mol. The van der Waals surface area contributed by atoms with E-state index in [4.69, 9.17) is 9.47 Å². The molecule has 0 aliphatic carbocycles. The molecule has 3 nitrogen and oxygen atoms in total. The molecule has 0 spiro atoms. The third-order valence-corrected chi connectivity index (χ3v) is 3.73. The van der Waals surface area contributed by atoms with Crippen molar-refractivity contribution >= 4 is 0 Å². The molecule has 0 aliphatic heterocycles. The second-order valence-electron chi connectivity index (χ2n) is 5.96. The van der Waals surface area contributed by atoms with E-state index < -0.39 is 0 Å². The van der Waals surface area contributed by atoms with E-state index in [9.17, 15) is 0 Å². The van der Waals surface area contributed by atoms with Gasteiger partial charge in [-0.05, 0) is 29.9 Å². The Kier molecular flexibility index (Phi) is 9.31. The standard InChI is InChI=1S/C18H31NO2/c1-16(2)9-10-17-7-5-6-8-18(17)15-19(11-13-20-3)12-14-21-4/h5-8,16H,9-15H2,1-4H3. The van der Waals surface area contributed by atoms with Gasteiger partial charge < -0.3 is 9.47 Å². The zero-order valence-corrected chi connectivity index (χ0v) is 14.1. The summed E-state index contributed by atoms with van der Waals surface area (Å²) < 4.78 is 10.4. The Morgan fingerprint density at radius 3 is 2.05 bits per heavy atom. The minimum absolute atomic E-state index is 0.746. The molecule has 0 fully saturated rings. The topological polar surface area (TPSA) is 21.7 Å². The fourth-order valence-electron chi connectivity index (χ4n) is 2.35. The summed E-state index contributed by atoms with van der Waals surface area (Å²) in [5, 5.41) is 0. The first-order valence-corrected chi connectivity index (χ1v) is 7.94. The van der Waals surface area contributed by atoms with Gasteiger partial charge in [0.1, 0.15) is 0 Å². The van der Waals surface area contributed by atoms with E-state index in [-0.39, 0.29) is 0 Å². The first-order chi connectivity index (χ1) is 10.2. The summed E-state index contributed by atoms with van der Waals surface area (Å²) >= 11 is 0. The predicted octanol–water partition coefficient (Wildman–Crippen LogP) is 3.37. The van der Waals surface area contributed by atoms with Gasteiger partial charge in [-0.3, -0.25) is 4.90 Å². The Bertz CT molecular complexity index is 371. The fraction of sp³-hybridized carbons (Fsp3) is 0.667. The molecule has 0 bridgehead atoms. The van der Waals surface area contributed by atoms with Crippen molar-refractivity contribution < 1.29 is 9.47 Å². The van der Waals surface area contributed by atoms with Gasteiger partial charge in [0, 0.05) is 33.9 Å². The Morgan fingerprint density at radius 2 is 1.52 bits per heavy atom. The number of benzene rings is 1. The molecule has 0 aliphatic rings. The van der Waals surface area contributed by atoms with Crippen LogP contribution in [0.25, 0.3) is 0 Å². The van der Waals surface area contributed by atoms with Gasteiger partial charge in [0.05, 0.1) is 13.2 Å². The van der Waals surface area contributed by atoms with Crippen LogP contribution in [-0.2, 0) is 22.4 Å². The van der Waals surface area contributed by atoms with Crippen LogP contribution in [-0.4, -0.2) is 45.4 Å². The van der Waals surface area contributed by atoms with Crippen molar-refractivity contribution in [1.29, 1.82) is 0 Å². The van der Waals surface area contributed by atoms with Crippen LogP contribution in [0.15, 0.2) is 24.3 Å². The summed E-state index contributed by atoms with van der Waals surface area (Å²) in [6.45, 7) is 8.95. The Hall–Kier alpha value is -0.900. The van der Waals surface area contributed by atoms with E-state index in [2.05, 4.69) is 43.0 Å². The molecule has 0 saturated heterocycles. The van der Waals surface area contributed by atoms with Crippen LogP contribution in [0.1, 0.15) is 31.4 Å². The van der Waals surface area contributed by atoms with E-state index in [1.54, 1.807) is 14.2 Å². The Labute approximate surface area is 130 Å². The van der Waals surface area contributed by atoms with Gasteiger partial charge in [-0.2, -0.15) is 0 Å². The molecule has 1 aromatic rings. The lowest BCUT2D eigenvalue weighted by Crippen LogP contribution is -2.30. The maximum Gasteiger partial charge on any atom is 0.0589 e. The second kappa shape index (κ2) is 10.8. The highest BCUT2D eigenvalue weighted by Gasteiger charge is 2.09. The molecule has 120 valence electrons. The normalized spacial score (nSPS) is 11.5. The average Bonchev–Trinajstić information content (AvgIpc) is 2.48. The third-order valence-electron chi connectivity index (χ3n) is 3.73. The van der Waals surface area contributed by atoms with Crippen LogP contribution < -0.4 is 0 Å². The number of ether oxygens (including phenoxy) is 2. The molecular formula is C18H31NO2. The van der Waals surface area contributed by atoms with Crippen molar-refractivity contribution in [2.75, 3.05) is 40.5 Å². The SMILES string of the molecule is COCCN(CCOC)Cc1ccccc1CCC(C)C. The lowest BCUT2D eigenvalue weighted by atomic mass is 9.98. The monoisotopic (exact) mass is 293 g/mol. The molecule has 21 heavy (non-hydrogen) atoms. The molecule has 0 radical (unpaired) electrons.